The van der Waals surface area contributed by atoms with Crippen molar-refractivity contribution in [2.45, 2.75) is 36.6 Å². The number of aromatic nitrogens is 2. The van der Waals surface area contributed by atoms with Crippen molar-refractivity contribution in [3.05, 3.63) is 45.3 Å². The average molecular weight is 320 g/mol. The number of ether oxygens (including phenoxy) is 1. The van der Waals surface area contributed by atoms with Gasteiger partial charge in [-0.15, -0.1) is 0 Å². The molecule has 0 amide bonds. The molecule has 0 atom stereocenters. The molecule has 0 bridgehead atoms. The van der Waals surface area contributed by atoms with Gasteiger partial charge in [-0.05, 0) is 31.7 Å². The molecule has 116 valence electrons. The predicted octanol–water partition coefficient (Wildman–Crippen LogP) is 2.63. The van der Waals surface area contributed by atoms with Gasteiger partial charge in [0.25, 0.3) is 5.56 Å². The summed E-state index contributed by atoms with van der Waals surface area (Å²) in [5.74, 6) is 0.507. The summed E-state index contributed by atoms with van der Waals surface area (Å²) in [6.45, 7) is 1.87. The van der Waals surface area contributed by atoms with Gasteiger partial charge in [0.2, 0.25) is 5.76 Å². The van der Waals surface area contributed by atoms with Gasteiger partial charge in [-0.2, -0.15) is 0 Å². The largest absolute Gasteiger partial charge is 0.463 e. The average Bonchev–Trinajstić information content (AvgIpc) is 3.20. The van der Waals surface area contributed by atoms with E-state index in [1.807, 2.05) is 6.92 Å². The van der Waals surface area contributed by atoms with Crippen molar-refractivity contribution >= 4 is 17.7 Å². The summed E-state index contributed by atoms with van der Waals surface area (Å²) in [5.41, 5.74) is 2.25. The summed E-state index contributed by atoms with van der Waals surface area (Å²) >= 11 is 1.35. The molecule has 0 unspecified atom stereocenters. The van der Waals surface area contributed by atoms with Crippen LogP contribution in [0.1, 0.15) is 46.1 Å². The molecule has 0 spiro atoms. The molecule has 0 radical (unpaired) electrons. The Labute approximate surface area is 131 Å². The molecule has 2 aromatic heterocycles. The molecule has 0 aromatic carbocycles. The van der Waals surface area contributed by atoms with Gasteiger partial charge < -0.3 is 14.1 Å². The van der Waals surface area contributed by atoms with Gasteiger partial charge in [0.1, 0.15) is 0 Å². The topological polar surface area (TPSA) is 85.2 Å². The maximum atomic E-state index is 12.1. The highest BCUT2D eigenvalue weighted by molar-refractivity contribution is 7.98. The monoisotopic (exact) mass is 320 g/mol. The third kappa shape index (κ3) is 2.94. The van der Waals surface area contributed by atoms with Crippen molar-refractivity contribution in [1.29, 1.82) is 0 Å². The van der Waals surface area contributed by atoms with Crippen LogP contribution in [0.15, 0.2) is 26.7 Å². The van der Waals surface area contributed by atoms with Crippen molar-refractivity contribution in [1.82, 2.24) is 9.97 Å². The third-order valence-corrected chi connectivity index (χ3v) is 4.51. The van der Waals surface area contributed by atoms with Crippen LogP contribution >= 0.6 is 11.8 Å². The number of nitrogens with zero attached hydrogens (tertiary/aromatic N) is 1. The van der Waals surface area contributed by atoms with E-state index < -0.39 is 5.97 Å². The summed E-state index contributed by atoms with van der Waals surface area (Å²) < 4.78 is 9.79. The highest BCUT2D eigenvalue weighted by Gasteiger charge is 2.29. The maximum absolute atomic E-state index is 12.1. The number of carbonyl (C=O) groups excluding carboxylic acids is 1. The fourth-order valence-electron chi connectivity index (χ4n) is 2.36. The molecule has 0 aliphatic heterocycles. The molecule has 1 aliphatic rings. The first-order valence-electron chi connectivity index (χ1n) is 6.98. The third-order valence-electron chi connectivity index (χ3n) is 3.59. The molecular weight excluding hydrogens is 304 g/mol. The van der Waals surface area contributed by atoms with E-state index in [4.69, 9.17) is 4.42 Å². The second kappa shape index (κ2) is 6.00. The number of H-pyrrole nitrogens is 1. The number of hydrogen-bond donors (Lipinski definition) is 1. The van der Waals surface area contributed by atoms with E-state index in [0.29, 0.717) is 22.4 Å². The molecule has 3 rings (SSSR count). The fraction of sp³-hybridized carbons (Fsp3) is 0.400. The lowest BCUT2D eigenvalue weighted by Gasteiger charge is -2.06. The minimum Gasteiger partial charge on any atom is -0.463 e. The van der Waals surface area contributed by atoms with Gasteiger partial charge in [0.15, 0.2) is 5.16 Å². The van der Waals surface area contributed by atoms with Crippen molar-refractivity contribution in [2.75, 3.05) is 7.11 Å². The maximum Gasteiger partial charge on any atom is 0.374 e. The lowest BCUT2D eigenvalue weighted by molar-refractivity contribution is 0.0564. The molecule has 2 aromatic rings. The Morgan fingerprint density at radius 1 is 1.55 bits per heavy atom. The van der Waals surface area contributed by atoms with Gasteiger partial charge in [-0.3, -0.25) is 4.79 Å². The van der Waals surface area contributed by atoms with E-state index in [1.54, 1.807) is 6.07 Å². The van der Waals surface area contributed by atoms with E-state index >= 15 is 0 Å². The summed E-state index contributed by atoms with van der Waals surface area (Å²) in [6, 6.07) is 1.71. The Balaban J connectivity index is 1.76. The zero-order valence-corrected chi connectivity index (χ0v) is 13.2. The number of nitrogens with one attached hydrogen (secondary N) is 1. The minimum atomic E-state index is -0.512. The van der Waals surface area contributed by atoms with Crippen LogP contribution in [0.3, 0.4) is 0 Å². The van der Waals surface area contributed by atoms with Crippen molar-refractivity contribution in [3.63, 3.8) is 0 Å². The van der Waals surface area contributed by atoms with Crippen LogP contribution in [0.4, 0.5) is 0 Å². The molecule has 2 heterocycles. The summed E-state index contributed by atoms with van der Waals surface area (Å²) in [6.07, 6.45) is 3.57. The van der Waals surface area contributed by atoms with E-state index in [9.17, 15) is 9.59 Å². The molecule has 6 nitrogen and oxygen atoms in total. The first-order valence-corrected chi connectivity index (χ1v) is 7.97. The van der Waals surface area contributed by atoms with E-state index in [2.05, 4.69) is 14.7 Å². The van der Waals surface area contributed by atoms with E-state index in [0.717, 1.165) is 24.1 Å². The lowest BCUT2D eigenvalue weighted by atomic mass is 10.1. The lowest BCUT2D eigenvalue weighted by Crippen LogP contribution is -2.16. The van der Waals surface area contributed by atoms with Crippen molar-refractivity contribution < 1.29 is 13.9 Å². The Hall–Kier alpha value is -2.02. The second-order valence-electron chi connectivity index (χ2n) is 5.20. The Morgan fingerprint density at radius 2 is 2.32 bits per heavy atom. The molecule has 1 fully saturated rings. The molecule has 0 saturated heterocycles. The van der Waals surface area contributed by atoms with Crippen LogP contribution in [0.25, 0.3) is 0 Å². The summed E-state index contributed by atoms with van der Waals surface area (Å²) in [5, 5.41) is 0.545. The summed E-state index contributed by atoms with van der Waals surface area (Å²) in [4.78, 5) is 30.9. The number of rotatable bonds is 5. The Kier molecular flexibility index (Phi) is 4.06. The quantitative estimate of drug-likeness (QED) is 0.518. The smallest absolute Gasteiger partial charge is 0.374 e. The van der Waals surface area contributed by atoms with Gasteiger partial charge >= 0.3 is 5.97 Å². The van der Waals surface area contributed by atoms with Crippen LogP contribution in [0, 0.1) is 6.92 Å². The van der Waals surface area contributed by atoms with Crippen LogP contribution < -0.4 is 5.56 Å². The Morgan fingerprint density at radius 3 is 2.95 bits per heavy atom. The molecule has 22 heavy (non-hydrogen) atoms. The fourth-order valence-corrected chi connectivity index (χ4v) is 3.24. The van der Waals surface area contributed by atoms with Crippen LogP contribution in [-0.4, -0.2) is 23.0 Å². The molecule has 7 heteroatoms. The van der Waals surface area contributed by atoms with Gasteiger partial charge in [-0.1, -0.05) is 11.8 Å². The number of furan rings is 1. The highest BCUT2D eigenvalue weighted by atomic mass is 32.2. The van der Waals surface area contributed by atoms with Gasteiger partial charge in [0.05, 0.1) is 13.4 Å². The number of aryl methyl sites for hydroxylation is 1. The second-order valence-corrected chi connectivity index (χ2v) is 6.16. The van der Waals surface area contributed by atoms with Gasteiger partial charge in [-0.25, -0.2) is 9.78 Å². The van der Waals surface area contributed by atoms with Crippen LogP contribution in [0.2, 0.25) is 0 Å². The SMILES string of the molecule is COC(=O)c1occc1CSc1nc(C)c(C2CC2)c(=O)[nH]1. The summed E-state index contributed by atoms with van der Waals surface area (Å²) in [7, 11) is 1.31. The van der Waals surface area contributed by atoms with E-state index in [1.165, 1.54) is 25.1 Å². The number of thioether (sulfide) groups is 1. The predicted molar refractivity (Wildman–Crippen MR) is 81.2 cm³/mol. The number of hydrogen-bond acceptors (Lipinski definition) is 6. The minimum absolute atomic E-state index is 0.0575. The molecule has 1 aliphatic carbocycles. The number of esters is 1. The number of methoxy groups -OCH3 is 1. The Bertz CT molecular complexity index is 761. The number of aromatic amines is 1. The zero-order chi connectivity index (χ0) is 15.7. The first-order chi connectivity index (χ1) is 10.6. The number of carbonyl (C=O) groups is 1. The highest BCUT2D eigenvalue weighted by Crippen LogP contribution is 2.39. The van der Waals surface area contributed by atoms with E-state index in [-0.39, 0.29) is 11.3 Å². The standard InChI is InChI=1S/C15H16N2O4S/c1-8-11(9-3-4-9)13(18)17-15(16-8)22-7-10-5-6-21-12(10)14(19)20-2/h5-6,9H,3-4,7H2,1-2H3,(H,16,17,18). The molecular formula is C15H16N2O4S. The molecule has 1 N–H and O–H groups in total. The van der Waals surface area contributed by atoms with Crippen LogP contribution in [-0.2, 0) is 10.5 Å². The van der Waals surface area contributed by atoms with Crippen LogP contribution in [0.5, 0.6) is 0 Å². The van der Waals surface area contributed by atoms with Crippen molar-refractivity contribution in [2.24, 2.45) is 0 Å². The zero-order valence-electron chi connectivity index (χ0n) is 12.3. The van der Waals surface area contributed by atoms with Crippen molar-refractivity contribution in [3.8, 4) is 0 Å². The first kappa shape index (κ1) is 14.9. The normalized spacial score (nSPS) is 14.1. The molecule has 1 saturated carbocycles. The van der Waals surface area contributed by atoms with Gasteiger partial charge in [0, 0.05) is 22.6 Å².